The molecule has 0 aliphatic carbocycles. The first kappa shape index (κ1) is 14.7. The van der Waals surface area contributed by atoms with Crippen molar-refractivity contribution in [1.29, 1.82) is 0 Å². The molecular formula is C15H24N2O. The van der Waals surface area contributed by atoms with Crippen molar-refractivity contribution < 1.29 is 4.79 Å². The van der Waals surface area contributed by atoms with E-state index in [-0.39, 0.29) is 12.5 Å². The van der Waals surface area contributed by atoms with Crippen LogP contribution in [0.25, 0.3) is 0 Å². The summed E-state index contributed by atoms with van der Waals surface area (Å²) < 4.78 is 0. The number of hydrogen-bond donors (Lipinski definition) is 1. The predicted octanol–water partition coefficient (Wildman–Crippen LogP) is 1.84. The van der Waals surface area contributed by atoms with Crippen LogP contribution < -0.4 is 5.73 Å². The van der Waals surface area contributed by atoms with Crippen molar-refractivity contribution in [2.45, 2.75) is 26.7 Å². The van der Waals surface area contributed by atoms with E-state index >= 15 is 0 Å². The zero-order valence-corrected chi connectivity index (χ0v) is 11.6. The zero-order valence-electron chi connectivity index (χ0n) is 11.6. The Morgan fingerprint density at radius 2 is 1.78 bits per heavy atom. The molecule has 1 rings (SSSR count). The van der Waals surface area contributed by atoms with E-state index < -0.39 is 0 Å². The second-order valence-electron chi connectivity index (χ2n) is 5.18. The van der Waals surface area contributed by atoms with Crippen LogP contribution in [0.15, 0.2) is 24.3 Å². The zero-order chi connectivity index (χ0) is 13.5. The summed E-state index contributed by atoms with van der Waals surface area (Å²) in [6.45, 7) is 5.26. The molecule has 100 valence electrons. The van der Waals surface area contributed by atoms with Crippen molar-refractivity contribution in [3.05, 3.63) is 35.4 Å². The highest BCUT2D eigenvalue weighted by Gasteiger charge is 2.05. The van der Waals surface area contributed by atoms with E-state index in [0.29, 0.717) is 5.92 Å². The van der Waals surface area contributed by atoms with E-state index in [1.165, 1.54) is 11.1 Å². The maximum atomic E-state index is 11.3. The fourth-order valence-electron chi connectivity index (χ4n) is 1.89. The van der Waals surface area contributed by atoms with Gasteiger partial charge < -0.3 is 10.6 Å². The molecule has 0 saturated heterocycles. The van der Waals surface area contributed by atoms with Crippen molar-refractivity contribution in [2.75, 3.05) is 20.1 Å². The number of likely N-dealkylation sites (N-methyl/N-ethyl adjacent to an activating group) is 1. The first-order chi connectivity index (χ1) is 8.52. The van der Waals surface area contributed by atoms with Crippen molar-refractivity contribution >= 4 is 5.91 Å². The van der Waals surface area contributed by atoms with Crippen LogP contribution in [-0.4, -0.2) is 30.9 Å². The SMILES string of the molecule is CC(C)Cc1ccc(CCN(C)C(=O)CN)cc1. The number of amides is 1. The maximum absolute atomic E-state index is 11.3. The molecule has 0 heterocycles. The molecule has 3 heteroatoms. The van der Waals surface area contributed by atoms with Gasteiger partial charge >= 0.3 is 0 Å². The third-order valence-electron chi connectivity index (χ3n) is 3.00. The van der Waals surface area contributed by atoms with Gasteiger partial charge in [-0.25, -0.2) is 0 Å². The highest BCUT2D eigenvalue weighted by atomic mass is 16.2. The lowest BCUT2D eigenvalue weighted by Crippen LogP contribution is -2.34. The smallest absolute Gasteiger partial charge is 0.236 e. The van der Waals surface area contributed by atoms with Gasteiger partial charge in [0, 0.05) is 13.6 Å². The van der Waals surface area contributed by atoms with E-state index in [2.05, 4.69) is 38.1 Å². The molecule has 0 aromatic heterocycles. The number of hydrogen-bond acceptors (Lipinski definition) is 2. The van der Waals surface area contributed by atoms with E-state index in [1.807, 2.05) is 0 Å². The first-order valence-electron chi connectivity index (χ1n) is 6.54. The van der Waals surface area contributed by atoms with Crippen LogP contribution in [0.3, 0.4) is 0 Å². The van der Waals surface area contributed by atoms with Crippen molar-refractivity contribution in [1.82, 2.24) is 4.90 Å². The lowest BCUT2D eigenvalue weighted by atomic mass is 10.0. The van der Waals surface area contributed by atoms with Gasteiger partial charge in [-0.15, -0.1) is 0 Å². The Kier molecular flexibility index (Phi) is 5.86. The van der Waals surface area contributed by atoms with Gasteiger partial charge in [0.15, 0.2) is 0 Å². The molecule has 1 aromatic carbocycles. The Morgan fingerprint density at radius 1 is 1.22 bits per heavy atom. The van der Waals surface area contributed by atoms with Crippen molar-refractivity contribution in [3.8, 4) is 0 Å². The minimum atomic E-state index is -0.00794. The molecule has 0 aliphatic rings. The Balaban J connectivity index is 2.46. The third-order valence-corrected chi connectivity index (χ3v) is 3.00. The van der Waals surface area contributed by atoms with Crippen LogP contribution in [0.2, 0.25) is 0 Å². The van der Waals surface area contributed by atoms with Gasteiger partial charge in [0.1, 0.15) is 0 Å². The van der Waals surface area contributed by atoms with Crippen LogP contribution in [0, 0.1) is 5.92 Å². The second kappa shape index (κ2) is 7.17. The van der Waals surface area contributed by atoms with Crippen LogP contribution >= 0.6 is 0 Å². The molecular weight excluding hydrogens is 224 g/mol. The monoisotopic (exact) mass is 248 g/mol. The van der Waals surface area contributed by atoms with Gasteiger partial charge in [0.2, 0.25) is 5.91 Å². The van der Waals surface area contributed by atoms with Gasteiger partial charge in [0.25, 0.3) is 0 Å². The summed E-state index contributed by atoms with van der Waals surface area (Å²) in [4.78, 5) is 13.0. The molecule has 0 atom stereocenters. The number of rotatable bonds is 6. The highest BCUT2D eigenvalue weighted by molar-refractivity contribution is 5.77. The Hall–Kier alpha value is -1.35. The van der Waals surface area contributed by atoms with E-state index in [4.69, 9.17) is 5.73 Å². The summed E-state index contributed by atoms with van der Waals surface area (Å²) in [5.74, 6) is 0.676. The normalized spacial score (nSPS) is 10.7. The standard InChI is InChI=1S/C15H24N2O/c1-12(2)10-14-6-4-13(5-7-14)8-9-17(3)15(18)11-16/h4-7,12H,8-11,16H2,1-3H3. The Morgan fingerprint density at radius 3 is 2.28 bits per heavy atom. The molecule has 3 nitrogen and oxygen atoms in total. The fourth-order valence-corrected chi connectivity index (χ4v) is 1.89. The third kappa shape index (κ3) is 4.88. The average molecular weight is 248 g/mol. The largest absolute Gasteiger partial charge is 0.344 e. The lowest BCUT2D eigenvalue weighted by Gasteiger charge is -2.16. The summed E-state index contributed by atoms with van der Waals surface area (Å²) in [6, 6.07) is 8.66. The molecule has 0 fully saturated rings. The van der Waals surface area contributed by atoms with E-state index in [1.54, 1.807) is 11.9 Å². The summed E-state index contributed by atoms with van der Waals surface area (Å²) in [5, 5.41) is 0. The summed E-state index contributed by atoms with van der Waals surface area (Å²) in [6.07, 6.45) is 2.00. The van der Waals surface area contributed by atoms with Gasteiger partial charge in [0.05, 0.1) is 6.54 Å². The van der Waals surface area contributed by atoms with Gasteiger partial charge in [-0.05, 0) is 29.9 Å². The topological polar surface area (TPSA) is 46.3 Å². The van der Waals surface area contributed by atoms with Crippen molar-refractivity contribution in [3.63, 3.8) is 0 Å². The lowest BCUT2D eigenvalue weighted by molar-refractivity contribution is -0.128. The highest BCUT2D eigenvalue weighted by Crippen LogP contribution is 2.10. The van der Waals surface area contributed by atoms with Crippen LogP contribution in [-0.2, 0) is 17.6 Å². The van der Waals surface area contributed by atoms with Gasteiger partial charge in [-0.1, -0.05) is 38.1 Å². The summed E-state index contributed by atoms with van der Waals surface area (Å²) in [7, 11) is 1.79. The van der Waals surface area contributed by atoms with Gasteiger partial charge in [-0.2, -0.15) is 0 Å². The van der Waals surface area contributed by atoms with Crippen LogP contribution in [0.1, 0.15) is 25.0 Å². The molecule has 2 N–H and O–H groups in total. The quantitative estimate of drug-likeness (QED) is 0.835. The molecule has 1 amide bonds. The second-order valence-corrected chi connectivity index (χ2v) is 5.18. The molecule has 1 aromatic rings. The maximum Gasteiger partial charge on any atom is 0.236 e. The minimum absolute atomic E-state index is 0.00794. The summed E-state index contributed by atoms with van der Waals surface area (Å²) >= 11 is 0. The molecule has 18 heavy (non-hydrogen) atoms. The fraction of sp³-hybridized carbons (Fsp3) is 0.533. The van der Waals surface area contributed by atoms with Gasteiger partial charge in [-0.3, -0.25) is 4.79 Å². The van der Waals surface area contributed by atoms with Crippen LogP contribution in [0.4, 0.5) is 0 Å². The summed E-state index contributed by atoms with van der Waals surface area (Å²) in [5.41, 5.74) is 7.96. The number of nitrogens with two attached hydrogens (primary N) is 1. The Labute approximate surface area is 110 Å². The van der Waals surface area contributed by atoms with E-state index in [9.17, 15) is 4.79 Å². The number of carbonyl (C=O) groups excluding carboxylic acids is 1. The van der Waals surface area contributed by atoms with E-state index in [0.717, 1.165) is 19.4 Å². The molecule has 0 radical (unpaired) electrons. The number of carbonyl (C=O) groups is 1. The number of benzene rings is 1. The average Bonchev–Trinajstić information content (AvgIpc) is 2.36. The molecule has 0 bridgehead atoms. The van der Waals surface area contributed by atoms with Crippen LogP contribution in [0.5, 0.6) is 0 Å². The van der Waals surface area contributed by atoms with Crippen molar-refractivity contribution in [2.24, 2.45) is 11.7 Å². The predicted molar refractivity (Wildman–Crippen MR) is 75.4 cm³/mol. The molecule has 0 saturated carbocycles. The molecule has 0 unspecified atom stereocenters. The molecule has 0 spiro atoms. The first-order valence-corrected chi connectivity index (χ1v) is 6.54. The molecule has 0 aliphatic heterocycles. The minimum Gasteiger partial charge on any atom is -0.344 e. The Bertz CT molecular complexity index is 371. The number of nitrogens with zero attached hydrogens (tertiary/aromatic N) is 1.